The van der Waals surface area contributed by atoms with E-state index in [2.05, 4.69) is 10.2 Å². The van der Waals surface area contributed by atoms with Crippen molar-refractivity contribution in [1.82, 2.24) is 10.2 Å². The number of carbonyl (C=O) groups is 1. The van der Waals surface area contributed by atoms with Crippen molar-refractivity contribution in [2.75, 3.05) is 0 Å². The summed E-state index contributed by atoms with van der Waals surface area (Å²) in [6.45, 7) is 6.10. The quantitative estimate of drug-likeness (QED) is 0.875. The van der Waals surface area contributed by atoms with E-state index in [1.54, 1.807) is 0 Å². The number of rotatable bonds is 2. The summed E-state index contributed by atoms with van der Waals surface area (Å²) in [6, 6.07) is 0. The summed E-state index contributed by atoms with van der Waals surface area (Å²) in [5, 5.41) is 17.2. The molecular formula is C13H20N2O3. The van der Waals surface area contributed by atoms with Crippen LogP contribution in [0.5, 0.6) is 0 Å². The Kier molecular flexibility index (Phi) is 3.41. The number of aliphatic carboxylic acids is 1. The highest BCUT2D eigenvalue weighted by Gasteiger charge is 2.31. The summed E-state index contributed by atoms with van der Waals surface area (Å²) < 4.78 is 5.71. The fourth-order valence-corrected chi connectivity index (χ4v) is 2.29. The van der Waals surface area contributed by atoms with Gasteiger partial charge in [-0.2, -0.15) is 0 Å². The lowest BCUT2D eigenvalue weighted by molar-refractivity contribution is -0.142. The maximum absolute atomic E-state index is 10.9. The van der Waals surface area contributed by atoms with E-state index in [4.69, 9.17) is 9.52 Å². The SMILES string of the molecule is CC(C)(C)c1nnc([C@H]2CC[C@H](C(=O)O)CC2)o1. The summed E-state index contributed by atoms with van der Waals surface area (Å²) in [5.41, 5.74) is -0.135. The van der Waals surface area contributed by atoms with Crippen molar-refractivity contribution < 1.29 is 14.3 Å². The molecule has 0 saturated heterocycles. The minimum absolute atomic E-state index is 0.135. The van der Waals surface area contributed by atoms with E-state index in [9.17, 15) is 4.79 Å². The molecule has 1 heterocycles. The van der Waals surface area contributed by atoms with Crippen molar-refractivity contribution in [3.63, 3.8) is 0 Å². The molecule has 0 unspecified atom stereocenters. The summed E-state index contributed by atoms with van der Waals surface area (Å²) in [7, 11) is 0. The highest BCUT2D eigenvalue weighted by molar-refractivity contribution is 5.70. The van der Waals surface area contributed by atoms with E-state index in [-0.39, 0.29) is 17.3 Å². The van der Waals surface area contributed by atoms with Gasteiger partial charge in [-0.05, 0) is 25.7 Å². The lowest BCUT2D eigenvalue weighted by atomic mass is 9.82. The second-order valence-electron chi connectivity index (χ2n) is 6.08. The maximum Gasteiger partial charge on any atom is 0.306 e. The van der Waals surface area contributed by atoms with Gasteiger partial charge in [-0.25, -0.2) is 0 Å². The molecule has 0 bridgehead atoms. The topological polar surface area (TPSA) is 76.2 Å². The van der Waals surface area contributed by atoms with Crippen molar-refractivity contribution >= 4 is 5.97 Å². The third-order valence-corrected chi connectivity index (χ3v) is 3.51. The largest absolute Gasteiger partial charge is 0.481 e. The minimum Gasteiger partial charge on any atom is -0.481 e. The van der Waals surface area contributed by atoms with Crippen LogP contribution >= 0.6 is 0 Å². The molecule has 1 aliphatic rings. The van der Waals surface area contributed by atoms with Crippen LogP contribution in [-0.4, -0.2) is 21.3 Å². The molecule has 18 heavy (non-hydrogen) atoms. The van der Waals surface area contributed by atoms with Gasteiger partial charge >= 0.3 is 5.97 Å². The first-order valence-corrected chi connectivity index (χ1v) is 6.44. The molecule has 0 atom stereocenters. The van der Waals surface area contributed by atoms with Crippen LogP contribution in [-0.2, 0) is 10.2 Å². The molecule has 1 aromatic heterocycles. The van der Waals surface area contributed by atoms with Crippen LogP contribution in [0, 0.1) is 5.92 Å². The molecule has 1 aliphatic carbocycles. The number of carboxylic acids is 1. The maximum atomic E-state index is 10.9. The van der Waals surface area contributed by atoms with Gasteiger partial charge in [0.2, 0.25) is 11.8 Å². The van der Waals surface area contributed by atoms with Crippen LogP contribution in [0.2, 0.25) is 0 Å². The Morgan fingerprint density at radius 3 is 2.28 bits per heavy atom. The average molecular weight is 252 g/mol. The van der Waals surface area contributed by atoms with Gasteiger partial charge in [0.05, 0.1) is 5.92 Å². The third kappa shape index (κ3) is 2.71. The lowest BCUT2D eigenvalue weighted by Gasteiger charge is -2.23. The molecule has 1 aromatic rings. The second-order valence-corrected chi connectivity index (χ2v) is 6.08. The molecule has 1 fully saturated rings. The van der Waals surface area contributed by atoms with Crippen molar-refractivity contribution in [2.45, 2.75) is 57.8 Å². The molecule has 0 aliphatic heterocycles. The Labute approximate surface area is 107 Å². The van der Waals surface area contributed by atoms with Gasteiger partial charge in [-0.15, -0.1) is 10.2 Å². The van der Waals surface area contributed by atoms with Crippen LogP contribution in [0.25, 0.3) is 0 Å². The van der Waals surface area contributed by atoms with E-state index < -0.39 is 5.97 Å². The van der Waals surface area contributed by atoms with Crippen molar-refractivity contribution in [3.05, 3.63) is 11.8 Å². The van der Waals surface area contributed by atoms with E-state index >= 15 is 0 Å². The average Bonchev–Trinajstić information content (AvgIpc) is 2.78. The van der Waals surface area contributed by atoms with Gasteiger partial charge in [0.25, 0.3) is 0 Å². The molecule has 5 heteroatoms. The zero-order valence-electron chi connectivity index (χ0n) is 11.1. The van der Waals surface area contributed by atoms with Crippen molar-refractivity contribution in [3.8, 4) is 0 Å². The molecule has 0 amide bonds. The normalized spacial score (nSPS) is 25.1. The highest BCUT2D eigenvalue weighted by Crippen LogP contribution is 2.36. The molecular weight excluding hydrogens is 232 g/mol. The Hall–Kier alpha value is -1.39. The predicted octanol–water partition coefficient (Wildman–Crippen LogP) is 2.73. The molecule has 0 aromatic carbocycles. The van der Waals surface area contributed by atoms with Crippen molar-refractivity contribution in [1.29, 1.82) is 0 Å². The summed E-state index contributed by atoms with van der Waals surface area (Å²) >= 11 is 0. The van der Waals surface area contributed by atoms with Gasteiger partial charge in [0.15, 0.2) is 0 Å². The Bertz CT molecular complexity index is 426. The number of hydrogen-bond donors (Lipinski definition) is 1. The number of hydrogen-bond acceptors (Lipinski definition) is 4. The Morgan fingerprint density at radius 2 is 1.83 bits per heavy atom. The number of carboxylic acid groups (broad SMARTS) is 1. The lowest BCUT2D eigenvalue weighted by Crippen LogP contribution is -2.20. The fourth-order valence-electron chi connectivity index (χ4n) is 2.29. The standard InChI is InChI=1S/C13H20N2O3/c1-13(2,3)12-15-14-10(18-12)8-4-6-9(7-5-8)11(16)17/h8-9H,4-7H2,1-3H3,(H,16,17)/t8-,9-. The molecule has 1 N–H and O–H groups in total. The van der Waals surface area contributed by atoms with E-state index in [0.717, 1.165) is 12.8 Å². The van der Waals surface area contributed by atoms with Crippen LogP contribution in [0.1, 0.15) is 64.2 Å². The van der Waals surface area contributed by atoms with E-state index in [1.165, 1.54) is 0 Å². The molecule has 0 radical (unpaired) electrons. The van der Waals surface area contributed by atoms with E-state index in [0.29, 0.717) is 24.6 Å². The zero-order valence-corrected chi connectivity index (χ0v) is 11.1. The van der Waals surface area contributed by atoms with Crippen LogP contribution in [0.3, 0.4) is 0 Å². The molecule has 2 rings (SSSR count). The molecule has 100 valence electrons. The van der Waals surface area contributed by atoms with Gasteiger partial charge < -0.3 is 9.52 Å². The van der Waals surface area contributed by atoms with Gasteiger partial charge in [0, 0.05) is 11.3 Å². The summed E-state index contributed by atoms with van der Waals surface area (Å²) in [5.74, 6) is 0.659. The monoisotopic (exact) mass is 252 g/mol. The molecule has 5 nitrogen and oxygen atoms in total. The molecule has 1 saturated carbocycles. The van der Waals surface area contributed by atoms with Gasteiger partial charge in [0.1, 0.15) is 0 Å². The van der Waals surface area contributed by atoms with Crippen LogP contribution in [0.15, 0.2) is 4.42 Å². The van der Waals surface area contributed by atoms with Crippen LogP contribution < -0.4 is 0 Å². The first-order chi connectivity index (χ1) is 8.38. The zero-order chi connectivity index (χ0) is 13.3. The van der Waals surface area contributed by atoms with Crippen LogP contribution in [0.4, 0.5) is 0 Å². The summed E-state index contributed by atoms with van der Waals surface area (Å²) in [6.07, 6.45) is 3.05. The third-order valence-electron chi connectivity index (χ3n) is 3.51. The second kappa shape index (κ2) is 4.71. The summed E-state index contributed by atoms with van der Waals surface area (Å²) in [4.78, 5) is 10.9. The van der Waals surface area contributed by atoms with E-state index in [1.807, 2.05) is 20.8 Å². The van der Waals surface area contributed by atoms with Crippen molar-refractivity contribution in [2.24, 2.45) is 5.92 Å². The number of nitrogens with zero attached hydrogens (tertiary/aromatic N) is 2. The first-order valence-electron chi connectivity index (χ1n) is 6.44. The Morgan fingerprint density at radius 1 is 1.22 bits per heavy atom. The predicted molar refractivity (Wildman–Crippen MR) is 65.3 cm³/mol. The number of aromatic nitrogens is 2. The highest BCUT2D eigenvalue weighted by atomic mass is 16.4. The first kappa shape index (κ1) is 13.1. The smallest absolute Gasteiger partial charge is 0.306 e. The van der Waals surface area contributed by atoms with Gasteiger partial charge in [-0.1, -0.05) is 20.8 Å². The fraction of sp³-hybridized carbons (Fsp3) is 0.769. The Balaban J connectivity index is 2.02. The molecule has 0 spiro atoms. The minimum atomic E-state index is -0.686. The van der Waals surface area contributed by atoms with Gasteiger partial charge in [-0.3, -0.25) is 4.79 Å².